The van der Waals surface area contributed by atoms with E-state index in [0.717, 1.165) is 37.4 Å². The molecular weight excluding hydrogens is 324 g/mol. The van der Waals surface area contributed by atoms with Gasteiger partial charge < -0.3 is 9.80 Å². The van der Waals surface area contributed by atoms with Gasteiger partial charge in [-0.15, -0.1) is 0 Å². The molecule has 24 heavy (non-hydrogen) atoms. The molecule has 0 spiro atoms. The van der Waals surface area contributed by atoms with Crippen LogP contribution in [0.25, 0.3) is 0 Å². The Bertz CT molecular complexity index is 740. The van der Waals surface area contributed by atoms with Crippen molar-refractivity contribution >= 4 is 23.5 Å². The van der Waals surface area contributed by atoms with Gasteiger partial charge in [-0.1, -0.05) is 23.7 Å². The fourth-order valence-electron chi connectivity index (χ4n) is 3.40. The van der Waals surface area contributed by atoms with Gasteiger partial charge in [0.2, 0.25) is 11.9 Å². The highest BCUT2D eigenvalue weighted by molar-refractivity contribution is 6.30. The van der Waals surface area contributed by atoms with Gasteiger partial charge in [0.15, 0.2) is 0 Å². The average molecular weight is 343 g/mol. The number of amides is 1. The van der Waals surface area contributed by atoms with Crippen molar-refractivity contribution in [3.05, 3.63) is 53.3 Å². The molecule has 4 rings (SSSR count). The lowest BCUT2D eigenvalue weighted by molar-refractivity contribution is -0.134. The number of anilines is 1. The van der Waals surface area contributed by atoms with Crippen LogP contribution in [0.5, 0.6) is 0 Å². The second-order valence-corrected chi connectivity index (χ2v) is 6.86. The van der Waals surface area contributed by atoms with E-state index in [9.17, 15) is 4.79 Å². The van der Waals surface area contributed by atoms with Crippen molar-refractivity contribution < 1.29 is 4.79 Å². The van der Waals surface area contributed by atoms with Crippen LogP contribution in [0.3, 0.4) is 0 Å². The first kappa shape index (κ1) is 15.4. The molecule has 0 unspecified atom stereocenters. The van der Waals surface area contributed by atoms with Gasteiger partial charge in [-0.2, -0.15) is 0 Å². The van der Waals surface area contributed by atoms with E-state index < -0.39 is 0 Å². The highest BCUT2D eigenvalue weighted by atomic mass is 35.5. The van der Waals surface area contributed by atoms with Crippen LogP contribution < -0.4 is 4.90 Å². The van der Waals surface area contributed by atoms with Gasteiger partial charge >= 0.3 is 0 Å². The lowest BCUT2D eigenvalue weighted by Gasteiger charge is -2.36. The van der Waals surface area contributed by atoms with Crippen molar-refractivity contribution in [1.82, 2.24) is 14.9 Å². The van der Waals surface area contributed by atoms with E-state index in [1.807, 2.05) is 35.2 Å². The summed E-state index contributed by atoms with van der Waals surface area (Å²) in [5.41, 5.74) is 0.699. The number of carbonyl (C=O) groups is 1. The molecule has 2 aromatic rings. The van der Waals surface area contributed by atoms with Crippen LogP contribution in [-0.2, 0) is 10.2 Å². The molecule has 2 fully saturated rings. The third-order valence-corrected chi connectivity index (χ3v) is 5.17. The lowest BCUT2D eigenvalue weighted by Crippen LogP contribution is -2.52. The summed E-state index contributed by atoms with van der Waals surface area (Å²) in [5.74, 6) is 0.971. The fourth-order valence-corrected chi connectivity index (χ4v) is 3.59. The molecule has 0 N–H and O–H groups in total. The lowest BCUT2D eigenvalue weighted by atomic mass is 9.94. The smallest absolute Gasteiger partial charge is 0.233 e. The average Bonchev–Trinajstić information content (AvgIpc) is 3.44. The molecule has 0 atom stereocenters. The van der Waals surface area contributed by atoms with Crippen molar-refractivity contribution in [3.8, 4) is 0 Å². The van der Waals surface area contributed by atoms with Crippen molar-refractivity contribution in [3.63, 3.8) is 0 Å². The van der Waals surface area contributed by atoms with E-state index in [0.29, 0.717) is 18.1 Å². The largest absolute Gasteiger partial charge is 0.338 e. The van der Waals surface area contributed by atoms with Crippen molar-refractivity contribution in [2.24, 2.45) is 0 Å². The van der Waals surface area contributed by atoms with Crippen LogP contribution in [-0.4, -0.2) is 47.0 Å². The van der Waals surface area contributed by atoms with Crippen LogP contribution in [0.4, 0.5) is 5.95 Å². The van der Waals surface area contributed by atoms with Gasteiger partial charge in [0.05, 0.1) is 5.41 Å². The molecule has 0 bridgehead atoms. The summed E-state index contributed by atoms with van der Waals surface area (Å²) in [6.45, 7) is 2.95. The Balaban J connectivity index is 1.45. The molecule has 1 aromatic heterocycles. The maximum Gasteiger partial charge on any atom is 0.233 e. The number of aromatic nitrogens is 2. The first-order valence-corrected chi connectivity index (χ1v) is 8.64. The zero-order valence-corrected chi connectivity index (χ0v) is 14.1. The first-order chi connectivity index (χ1) is 11.7. The Morgan fingerprint density at radius 3 is 2.38 bits per heavy atom. The minimum absolute atomic E-state index is 0.235. The Morgan fingerprint density at radius 1 is 1.04 bits per heavy atom. The number of piperazine rings is 1. The summed E-state index contributed by atoms with van der Waals surface area (Å²) in [7, 11) is 0. The third-order valence-electron chi connectivity index (χ3n) is 4.94. The molecule has 0 radical (unpaired) electrons. The highest BCUT2D eigenvalue weighted by Gasteiger charge is 2.53. The molecule has 1 aromatic carbocycles. The van der Waals surface area contributed by atoms with Crippen molar-refractivity contribution in [2.45, 2.75) is 18.3 Å². The predicted octanol–water partition coefficient (Wildman–Crippen LogP) is 2.51. The molecular formula is C18H19ClN4O. The molecule has 1 saturated heterocycles. The van der Waals surface area contributed by atoms with Crippen LogP contribution in [0.15, 0.2) is 42.7 Å². The van der Waals surface area contributed by atoms with Crippen LogP contribution >= 0.6 is 11.6 Å². The molecule has 1 aliphatic carbocycles. The Morgan fingerprint density at radius 2 is 1.75 bits per heavy atom. The number of carbonyl (C=O) groups excluding carboxylic acids is 1. The summed E-state index contributed by atoms with van der Waals surface area (Å²) in [5, 5.41) is 0.692. The fraction of sp³-hybridized carbons (Fsp3) is 0.389. The van der Waals surface area contributed by atoms with Gasteiger partial charge in [0.25, 0.3) is 0 Å². The maximum absolute atomic E-state index is 13.1. The number of halogens is 1. The highest BCUT2D eigenvalue weighted by Crippen LogP contribution is 2.50. The van der Waals surface area contributed by atoms with Gasteiger partial charge in [-0.25, -0.2) is 9.97 Å². The van der Waals surface area contributed by atoms with Crippen LogP contribution in [0, 0.1) is 0 Å². The van der Waals surface area contributed by atoms with Crippen LogP contribution in [0.1, 0.15) is 18.4 Å². The van der Waals surface area contributed by atoms with E-state index in [1.54, 1.807) is 12.4 Å². The van der Waals surface area contributed by atoms with Crippen molar-refractivity contribution in [2.75, 3.05) is 31.1 Å². The van der Waals surface area contributed by atoms with Crippen molar-refractivity contribution in [1.29, 1.82) is 0 Å². The van der Waals surface area contributed by atoms with E-state index in [4.69, 9.17) is 11.6 Å². The minimum Gasteiger partial charge on any atom is -0.338 e. The van der Waals surface area contributed by atoms with Gasteiger partial charge in [-0.05, 0) is 36.6 Å². The molecule has 5 nitrogen and oxygen atoms in total. The molecule has 124 valence electrons. The van der Waals surface area contributed by atoms with E-state index in [-0.39, 0.29) is 11.3 Å². The summed E-state index contributed by atoms with van der Waals surface area (Å²) in [6, 6.07) is 9.54. The normalized spacial score (nSPS) is 19.2. The number of hydrogen-bond donors (Lipinski definition) is 0. The zero-order valence-electron chi connectivity index (χ0n) is 13.4. The Kier molecular flexibility index (Phi) is 3.88. The quantitative estimate of drug-likeness (QED) is 0.860. The predicted molar refractivity (Wildman–Crippen MR) is 93.2 cm³/mol. The standard InChI is InChI=1S/C18H19ClN4O/c19-15-4-1-3-14(13-15)18(5-6-18)16(24)22-9-11-23(12-10-22)17-20-7-2-8-21-17/h1-4,7-8,13H,5-6,9-12H2. The first-order valence-electron chi connectivity index (χ1n) is 8.26. The molecule has 1 saturated carbocycles. The summed E-state index contributed by atoms with van der Waals surface area (Å²) < 4.78 is 0. The SMILES string of the molecule is O=C(N1CCN(c2ncccn2)CC1)C1(c2cccc(Cl)c2)CC1. The van der Waals surface area contributed by atoms with E-state index in [2.05, 4.69) is 14.9 Å². The molecule has 2 aliphatic rings. The van der Waals surface area contributed by atoms with Gasteiger partial charge in [-0.3, -0.25) is 4.79 Å². The minimum atomic E-state index is -0.351. The Hall–Kier alpha value is -2.14. The topological polar surface area (TPSA) is 49.3 Å². The number of nitrogens with zero attached hydrogens (tertiary/aromatic N) is 4. The van der Waals surface area contributed by atoms with E-state index in [1.165, 1.54) is 0 Å². The molecule has 1 aliphatic heterocycles. The van der Waals surface area contributed by atoms with E-state index >= 15 is 0 Å². The number of rotatable bonds is 3. The Labute approximate surface area is 146 Å². The molecule has 6 heteroatoms. The summed E-state index contributed by atoms with van der Waals surface area (Å²) >= 11 is 6.11. The summed E-state index contributed by atoms with van der Waals surface area (Å²) in [6.07, 6.45) is 5.32. The summed E-state index contributed by atoms with van der Waals surface area (Å²) in [4.78, 5) is 25.8. The van der Waals surface area contributed by atoms with Gasteiger partial charge in [0.1, 0.15) is 0 Å². The van der Waals surface area contributed by atoms with Crippen LogP contribution in [0.2, 0.25) is 5.02 Å². The van der Waals surface area contributed by atoms with Gasteiger partial charge in [0, 0.05) is 43.6 Å². The third kappa shape index (κ3) is 2.73. The second-order valence-electron chi connectivity index (χ2n) is 6.42. The zero-order chi connectivity index (χ0) is 16.6. The monoisotopic (exact) mass is 342 g/mol. The molecule has 1 amide bonds. The second kappa shape index (κ2) is 6.06. The maximum atomic E-state index is 13.1. The number of benzene rings is 1. The molecule has 2 heterocycles. The number of hydrogen-bond acceptors (Lipinski definition) is 4.